The predicted octanol–water partition coefficient (Wildman–Crippen LogP) is 3.45. The lowest BCUT2D eigenvalue weighted by atomic mass is 10.1. The maximum atomic E-state index is 13.9. The van der Waals surface area contributed by atoms with Crippen LogP contribution in [0.25, 0.3) is 10.9 Å². The molecule has 0 aliphatic rings. The quantitative estimate of drug-likeness (QED) is 0.687. The van der Waals surface area contributed by atoms with Crippen LogP contribution in [-0.2, 0) is 16.0 Å². The van der Waals surface area contributed by atoms with E-state index in [1.54, 1.807) is 42.6 Å². The lowest BCUT2D eigenvalue weighted by Crippen LogP contribution is -2.14. The maximum absolute atomic E-state index is 13.9. The molecule has 0 spiro atoms. The van der Waals surface area contributed by atoms with Gasteiger partial charge in [-0.2, -0.15) is 0 Å². The third kappa shape index (κ3) is 3.43. The zero-order chi connectivity index (χ0) is 17.1. The number of anilines is 2. The zero-order valence-electron chi connectivity index (χ0n) is 13.0. The Bertz CT molecular complexity index is 918. The number of aromatic nitrogens is 1. The number of hydrogen-bond acceptors (Lipinski definition) is 2. The number of amides is 2. The summed E-state index contributed by atoms with van der Waals surface area (Å²) >= 11 is 0. The van der Waals surface area contributed by atoms with Crippen LogP contribution in [0.3, 0.4) is 0 Å². The van der Waals surface area contributed by atoms with Crippen LogP contribution >= 0.6 is 0 Å². The number of aromatic amines is 1. The number of rotatable bonds is 4. The van der Waals surface area contributed by atoms with Gasteiger partial charge < -0.3 is 15.6 Å². The molecule has 0 atom stereocenters. The van der Waals surface area contributed by atoms with Gasteiger partial charge in [0.1, 0.15) is 5.82 Å². The van der Waals surface area contributed by atoms with Gasteiger partial charge in [-0.25, -0.2) is 4.39 Å². The number of fused-ring (bicyclic) bond motifs is 1. The van der Waals surface area contributed by atoms with E-state index >= 15 is 0 Å². The van der Waals surface area contributed by atoms with Crippen molar-refractivity contribution >= 4 is 34.1 Å². The van der Waals surface area contributed by atoms with Gasteiger partial charge in [0.25, 0.3) is 0 Å². The molecule has 0 saturated heterocycles. The Kier molecular flexibility index (Phi) is 4.29. The number of nitrogens with one attached hydrogen (secondary N) is 3. The summed E-state index contributed by atoms with van der Waals surface area (Å²) < 4.78 is 13.9. The van der Waals surface area contributed by atoms with Crippen LogP contribution in [0, 0.1) is 5.82 Å². The Balaban J connectivity index is 1.75. The molecule has 0 fully saturated rings. The molecule has 0 radical (unpaired) electrons. The Labute approximate surface area is 137 Å². The number of halogens is 1. The topological polar surface area (TPSA) is 74.0 Å². The van der Waals surface area contributed by atoms with E-state index < -0.39 is 0 Å². The van der Waals surface area contributed by atoms with Crippen molar-refractivity contribution in [3.63, 3.8) is 0 Å². The van der Waals surface area contributed by atoms with Gasteiger partial charge in [0.2, 0.25) is 11.8 Å². The van der Waals surface area contributed by atoms with Crippen molar-refractivity contribution in [2.24, 2.45) is 0 Å². The van der Waals surface area contributed by atoms with Crippen molar-refractivity contribution < 1.29 is 14.0 Å². The Morgan fingerprint density at radius 2 is 1.79 bits per heavy atom. The molecular formula is C18H16FN3O2. The van der Waals surface area contributed by atoms with E-state index in [-0.39, 0.29) is 24.1 Å². The first kappa shape index (κ1) is 15.7. The normalized spacial score (nSPS) is 10.6. The summed E-state index contributed by atoms with van der Waals surface area (Å²) in [5.41, 5.74) is 2.41. The Morgan fingerprint density at radius 3 is 2.54 bits per heavy atom. The average Bonchev–Trinajstić information content (AvgIpc) is 2.91. The smallest absolute Gasteiger partial charge is 0.228 e. The summed E-state index contributed by atoms with van der Waals surface area (Å²) in [6.45, 7) is 1.41. The summed E-state index contributed by atoms with van der Waals surface area (Å²) in [4.78, 5) is 26.3. The van der Waals surface area contributed by atoms with Crippen molar-refractivity contribution in [2.45, 2.75) is 13.3 Å². The summed E-state index contributed by atoms with van der Waals surface area (Å²) in [6, 6.07) is 11.6. The van der Waals surface area contributed by atoms with Crippen LogP contribution < -0.4 is 10.6 Å². The van der Waals surface area contributed by atoms with Gasteiger partial charge in [-0.15, -0.1) is 0 Å². The molecule has 2 aromatic carbocycles. The van der Waals surface area contributed by atoms with E-state index in [9.17, 15) is 14.0 Å². The Hall–Kier alpha value is -3.15. The lowest BCUT2D eigenvalue weighted by molar-refractivity contribution is -0.115. The molecule has 3 rings (SSSR count). The summed E-state index contributed by atoms with van der Waals surface area (Å²) in [5, 5.41) is 5.83. The minimum absolute atomic E-state index is 0.0469. The molecule has 0 bridgehead atoms. The first-order chi connectivity index (χ1) is 11.5. The van der Waals surface area contributed by atoms with Gasteiger partial charge in [-0.1, -0.05) is 12.1 Å². The zero-order valence-corrected chi connectivity index (χ0v) is 13.0. The SMILES string of the molecule is CC(=O)Nc1cccc(NC(=O)Cc2c[nH]c3cccc(F)c23)c1. The highest BCUT2D eigenvalue weighted by Gasteiger charge is 2.12. The predicted molar refractivity (Wildman–Crippen MR) is 91.3 cm³/mol. The van der Waals surface area contributed by atoms with Crippen molar-refractivity contribution in [3.05, 3.63) is 60.0 Å². The van der Waals surface area contributed by atoms with Crippen molar-refractivity contribution in [2.75, 3.05) is 10.6 Å². The van der Waals surface area contributed by atoms with Gasteiger partial charge in [-0.05, 0) is 35.9 Å². The summed E-state index contributed by atoms with van der Waals surface area (Å²) in [5.74, 6) is -0.809. The van der Waals surface area contributed by atoms with E-state index in [4.69, 9.17) is 0 Å². The highest BCUT2D eigenvalue weighted by atomic mass is 19.1. The highest BCUT2D eigenvalue weighted by molar-refractivity contribution is 5.97. The minimum atomic E-state index is -0.357. The van der Waals surface area contributed by atoms with Crippen molar-refractivity contribution in [3.8, 4) is 0 Å². The Morgan fingerprint density at radius 1 is 1.08 bits per heavy atom. The van der Waals surface area contributed by atoms with Gasteiger partial charge >= 0.3 is 0 Å². The van der Waals surface area contributed by atoms with Crippen molar-refractivity contribution in [1.82, 2.24) is 4.98 Å². The standard InChI is InChI=1S/C18H16FN3O2/c1-11(23)21-13-4-2-5-14(9-13)22-17(24)8-12-10-20-16-7-3-6-15(19)18(12)16/h2-7,9-10,20H,8H2,1H3,(H,21,23)(H,22,24). The first-order valence-corrected chi connectivity index (χ1v) is 7.45. The van der Waals surface area contributed by atoms with Crippen LogP contribution in [0.15, 0.2) is 48.7 Å². The third-order valence-electron chi connectivity index (χ3n) is 3.55. The van der Waals surface area contributed by atoms with Crippen molar-refractivity contribution in [1.29, 1.82) is 0 Å². The number of carbonyl (C=O) groups is 2. The molecule has 0 aliphatic carbocycles. The fraction of sp³-hybridized carbons (Fsp3) is 0.111. The average molecular weight is 325 g/mol. The molecule has 1 aromatic heterocycles. The van der Waals surface area contributed by atoms with Crippen LogP contribution in [0.1, 0.15) is 12.5 Å². The first-order valence-electron chi connectivity index (χ1n) is 7.45. The second-order valence-electron chi connectivity index (χ2n) is 5.46. The molecule has 0 aliphatic heterocycles. The molecule has 6 heteroatoms. The fourth-order valence-corrected chi connectivity index (χ4v) is 2.60. The molecule has 1 heterocycles. The molecule has 122 valence electrons. The lowest BCUT2D eigenvalue weighted by Gasteiger charge is -2.08. The molecular weight excluding hydrogens is 309 g/mol. The van der Waals surface area contributed by atoms with E-state index in [1.807, 2.05) is 0 Å². The molecule has 2 amide bonds. The number of carbonyl (C=O) groups excluding carboxylic acids is 2. The summed E-state index contributed by atoms with van der Waals surface area (Å²) in [6.07, 6.45) is 1.69. The van der Waals surface area contributed by atoms with Crippen LogP contribution in [0.2, 0.25) is 0 Å². The minimum Gasteiger partial charge on any atom is -0.361 e. The highest BCUT2D eigenvalue weighted by Crippen LogP contribution is 2.22. The van der Waals surface area contributed by atoms with E-state index in [1.165, 1.54) is 13.0 Å². The van der Waals surface area contributed by atoms with Crippen LogP contribution in [0.4, 0.5) is 15.8 Å². The number of benzene rings is 2. The fourth-order valence-electron chi connectivity index (χ4n) is 2.60. The molecule has 0 unspecified atom stereocenters. The van der Waals surface area contributed by atoms with Gasteiger partial charge in [-0.3, -0.25) is 9.59 Å². The van der Waals surface area contributed by atoms with Gasteiger partial charge in [0, 0.05) is 35.4 Å². The molecule has 3 N–H and O–H groups in total. The van der Waals surface area contributed by atoms with Crippen LogP contribution in [-0.4, -0.2) is 16.8 Å². The number of H-pyrrole nitrogens is 1. The summed E-state index contributed by atoms with van der Waals surface area (Å²) in [7, 11) is 0. The largest absolute Gasteiger partial charge is 0.361 e. The molecule has 5 nitrogen and oxygen atoms in total. The van der Waals surface area contributed by atoms with Gasteiger partial charge in [0.15, 0.2) is 0 Å². The van der Waals surface area contributed by atoms with E-state index in [2.05, 4.69) is 15.6 Å². The van der Waals surface area contributed by atoms with Crippen LogP contribution in [0.5, 0.6) is 0 Å². The molecule has 3 aromatic rings. The molecule has 24 heavy (non-hydrogen) atoms. The van der Waals surface area contributed by atoms with E-state index in [0.29, 0.717) is 27.8 Å². The number of hydrogen-bond donors (Lipinski definition) is 3. The van der Waals surface area contributed by atoms with Gasteiger partial charge in [0.05, 0.1) is 6.42 Å². The monoisotopic (exact) mass is 325 g/mol. The van der Waals surface area contributed by atoms with E-state index in [0.717, 1.165) is 0 Å². The third-order valence-corrected chi connectivity index (χ3v) is 3.55. The molecule has 0 saturated carbocycles. The second-order valence-corrected chi connectivity index (χ2v) is 5.46. The second kappa shape index (κ2) is 6.54. The maximum Gasteiger partial charge on any atom is 0.228 e.